The highest BCUT2D eigenvalue weighted by atomic mass is 19.1. The predicted molar refractivity (Wildman–Crippen MR) is 141 cm³/mol. The third-order valence-corrected chi connectivity index (χ3v) is 8.07. The van der Waals surface area contributed by atoms with E-state index in [-0.39, 0.29) is 18.5 Å². The average molecular weight is 519 g/mol. The van der Waals surface area contributed by atoms with Crippen molar-refractivity contribution in [3.63, 3.8) is 0 Å². The summed E-state index contributed by atoms with van der Waals surface area (Å²) in [4.78, 5) is 25.1. The number of fused-ring (bicyclic) bond motifs is 3. The van der Waals surface area contributed by atoms with Crippen molar-refractivity contribution in [1.82, 2.24) is 29.3 Å². The zero-order chi connectivity index (χ0) is 26.0. The first-order chi connectivity index (χ1) is 18.4. The van der Waals surface area contributed by atoms with Gasteiger partial charge in [-0.05, 0) is 31.0 Å². The Morgan fingerprint density at radius 1 is 1.26 bits per heavy atom. The number of amides is 1. The second-order valence-electron chi connectivity index (χ2n) is 10.7. The maximum absolute atomic E-state index is 15.1. The van der Waals surface area contributed by atoms with Crippen LogP contribution in [0.15, 0.2) is 30.3 Å². The van der Waals surface area contributed by atoms with Crippen molar-refractivity contribution in [1.29, 1.82) is 0 Å². The third-order valence-electron chi connectivity index (χ3n) is 8.07. The number of nitrogens with one attached hydrogen (secondary N) is 1. The number of aryl methyl sites for hydroxylation is 1. The van der Waals surface area contributed by atoms with E-state index < -0.39 is 5.67 Å². The largest absolute Gasteiger partial charge is 0.495 e. The topological polar surface area (TPSA) is 86.4 Å². The summed E-state index contributed by atoms with van der Waals surface area (Å²) in [6, 6.07) is 9.89. The van der Waals surface area contributed by atoms with E-state index in [0.717, 1.165) is 28.8 Å². The van der Waals surface area contributed by atoms with Crippen molar-refractivity contribution in [3.8, 4) is 17.3 Å². The molecule has 4 aromatic rings. The molecule has 3 aliphatic rings. The highest BCUT2D eigenvalue weighted by molar-refractivity contribution is 5.99. The summed E-state index contributed by atoms with van der Waals surface area (Å²) in [6.45, 7) is 3.59. The van der Waals surface area contributed by atoms with Gasteiger partial charge in [-0.2, -0.15) is 0 Å². The van der Waals surface area contributed by atoms with Gasteiger partial charge in [0.2, 0.25) is 0 Å². The number of carbonyl (C=O) groups is 1. The molecule has 7 rings (SSSR count). The van der Waals surface area contributed by atoms with Crippen LogP contribution in [-0.2, 0) is 24.8 Å². The summed E-state index contributed by atoms with van der Waals surface area (Å²) in [7, 11) is 3.56. The molecular weight excluding hydrogens is 487 g/mol. The Morgan fingerprint density at radius 2 is 2.13 bits per heavy atom. The molecule has 1 aromatic carbocycles. The number of halogens is 1. The maximum Gasteiger partial charge on any atom is 0.255 e. The zero-order valence-electron chi connectivity index (χ0n) is 21.7. The van der Waals surface area contributed by atoms with Gasteiger partial charge in [0.25, 0.3) is 5.91 Å². The van der Waals surface area contributed by atoms with Crippen molar-refractivity contribution in [2.45, 2.75) is 37.5 Å². The van der Waals surface area contributed by atoms with E-state index in [4.69, 9.17) is 19.4 Å². The predicted octanol–water partition coefficient (Wildman–Crippen LogP) is 3.09. The van der Waals surface area contributed by atoms with Crippen LogP contribution >= 0.6 is 0 Å². The van der Waals surface area contributed by atoms with Crippen LogP contribution < -0.4 is 10.1 Å². The van der Waals surface area contributed by atoms with Gasteiger partial charge in [0, 0.05) is 44.5 Å². The number of rotatable bonds is 6. The van der Waals surface area contributed by atoms with Crippen molar-refractivity contribution < 1.29 is 18.7 Å². The number of nitrogens with zero attached hydrogens (tertiary/aromatic N) is 5. The quantitative estimate of drug-likeness (QED) is 0.422. The number of pyridine rings is 1. The Labute approximate surface area is 219 Å². The first-order valence-electron chi connectivity index (χ1n) is 13.3. The van der Waals surface area contributed by atoms with Crippen LogP contribution in [-0.4, -0.2) is 81.6 Å². The first-order valence-corrected chi connectivity index (χ1v) is 13.3. The lowest BCUT2D eigenvalue weighted by molar-refractivity contribution is 0.0510. The average Bonchev–Trinajstić information content (AvgIpc) is 3.43. The summed E-state index contributed by atoms with van der Waals surface area (Å²) < 4.78 is 30.3. The molecule has 1 aliphatic carbocycles. The summed E-state index contributed by atoms with van der Waals surface area (Å²) in [5.74, 6) is 1.37. The Balaban J connectivity index is 1.30. The number of hydrogen-bond acceptors (Lipinski definition) is 6. The molecule has 2 aliphatic heterocycles. The third kappa shape index (κ3) is 3.85. The Morgan fingerprint density at radius 3 is 2.89 bits per heavy atom. The number of alkyl halides is 1. The minimum absolute atomic E-state index is 0.0211. The van der Waals surface area contributed by atoms with Gasteiger partial charge < -0.3 is 28.8 Å². The first kappa shape index (κ1) is 23.6. The molecule has 38 heavy (non-hydrogen) atoms. The lowest BCUT2D eigenvalue weighted by atomic mass is 10.0. The number of morpholine rings is 1. The standard InChI is InChI=1S/C28H31FN6O3/c1-33-25-21(13-19-20(31-25)6-10-34(27(19)36)14-18-15-38-11-9-30-18)32-26(33)22-12-17-4-3-5-23(37-2)24(17)35(22)16-28(29)7-8-28/h3-5,12-13,18,30H,6-11,14-16H2,1-2H3/t18-/m0/s1. The number of methoxy groups -OCH3 is 1. The zero-order valence-corrected chi connectivity index (χ0v) is 21.7. The Bertz CT molecular complexity index is 1570. The molecule has 2 fully saturated rings. The van der Waals surface area contributed by atoms with Gasteiger partial charge in [0.15, 0.2) is 11.5 Å². The Kier molecular flexibility index (Phi) is 5.45. The monoisotopic (exact) mass is 518 g/mol. The van der Waals surface area contributed by atoms with Crippen molar-refractivity contribution >= 4 is 28.0 Å². The number of hydrogen-bond donors (Lipinski definition) is 1. The molecule has 0 spiro atoms. The SMILES string of the molecule is COc1cccc2cc(-c3nc4cc5c(nc4n3C)CCN(C[C@H]3COCCN3)C5=O)n(CC3(F)CC3)c12. The molecule has 9 nitrogen and oxygen atoms in total. The normalized spacial score (nSPS) is 20.8. The van der Waals surface area contributed by atoms with E-state index >= 15 is 4.39 Å². The summed E-state index contributed by atoms with van der Waals surface area (Å²) >= 11 is 0. The fraction of sp³-hybridized carbons (Fsp3) is 0.464. The highest BCUT2D eigenvalue weighted by Crippen LogP contribution is 2.44. The summed E-state index contributed by atoms with van der Waals surface area (Å²) in [5.41, 5.74) is 3.23. The van der Waals surface area contributed by atoms with Gasteiger partial charge in [-0.15, -0.1) is 0 Å². The van der Waals surface area contributed by atoms with E-state index in [1.807, 2.05) is 51.4 Å². The van der Waals surface area contributed by atoms with Gasteiger partial charge in [0.05, 0.1) is 49.3 Å². The minimum atomic E-state index is -1.21. The molecule has 0 bridgehead atoms. The lowest BCUT2D eigenvalue weighted by Gasteiger charge is -2.33. The number of benzene rings is 1. The molecule has 1 N–H and O–H groups in total. The van der Waals surface area contributed by atoms with Gasteiger partial charge in [-0.3, -0.25) is 4.79 Å². The number of para-hydroxylation sites is 1. The van der Waals surface area contributed by atoms with Crippen molar-refractivity contribution in [2.24, 2.45) is 7.05 Å². The molecule has 10 heteroatoms. The number of aromatic nitrogens is 4. The summed E-state index contributed by atoms with van der Waals surface area (Å²) in [6.07, 6.45) is 1.80. The minimum Gasteiger partial charge on any atom is -0.495 e. The van der Waals surface area contributed by atoms with Gasteiger partial charge >= 0.3 is 0 Å². The number of ether oxygens (including phenoxy) is 2. The van der Waals surface area contributed by atoms with Gasteiger partial charge in [-0.1, -0.05) is 12.1 Å². The molecule has 0 radical (unpaired) electrons. The van der Waals surface area contributed by atoms with Gasteiger partial charge in [0.1, 0.15) is 16.9 Å². The van der Waals surface area contributed by atoms with E-state index in [1.165, 1.54) is 0 Å². The fourth-order valence-electron chi connectivity index (χ4n) is 5.82. The van der Waals surface area contributed by atoms with E-state index in [0.29, 0.717) is 73.9 Å². The van der Waals surface area contributed by atoms with Crippen LogP contribution in [0.3, 0.4) is 0 Å². The van der Waals surface area contributed by atoms with E-state index in [2.05, 4.69) is 5.32 Å². The van der Waals surface area contributed by atoms with E-state index in [9.17, 15) is 4.79 Å². The highest BCUT2D eigenvalue weighted by Gasteiger charge is 2.44. The second-order valence-corrected chi connectivity index (χ2v) is 10.7. The van der Waals surface area contributed by atoms with Crippen LogP contribution in [0.4, 0.5) is 4.39 Å². The second kappa shape index (κ2) is 8.78. The molecule has 1 saturated heterocycles. The van der Waals surface area contributed by atoms with Crippen LogP contribution in [0.25, 0.3) is 33.6 Å². The van der Waals surface area contributed by atoms with Crippen LogP contribution in [0.2, 0.25) is 0 Å². The number of imidazole rings is 1. The molecular formula is C28H31FN6O3. The van der Waals surface area contributed by atoms with Crippen molar-refractivity contribution in [3.05, 3.63) is 41.6 Å². The maximum atomic E-state index is 15.1. The Hall–Kier alpha value is -3.50. The molecule has 0 unspecified atom stereocenters. The number of carbonyl (C=O) groups excluding carboxylic acids is 1. The van der Waals surface area contributed by atoms with Gasteiger partial charge in [-0.25, -0.2) is 14.4 Å². The molecule has 1 amide bonds. The van der Waals surface area contributed by atoms with Crippen LogP contribution in [0, 0.1) is 0 Å². The van der Waals surface area contributed by atoms with Crippen LogP contribution in [0.1, 0.15) is 28.9 Å². The molecule has 3 aromatic heterocycles. The molecule has 198 valence electrons. The molecule has 1 atom stereocenters. The lowest BCUT2D eigenvalue weighted by Crippen LogP contribution is -2.51. The van der Waals surface area contributed by atoms with Crippen molar-refractivity contribution in [2.75, 3.05) is 40.0 Å². The van der Waals surface area contributed by atoms with Crippen LogP contribution in [0.5, 0.6) is 5.75 Å². The van der Waals surface area contributed by atoms with E-state index in [1.54, 1.807) is 7.11 Å². The molecule has 1 saturated carbocycles. The fourth-order valence-corrected chi connectivity index (χ4v) is 5.82. The summed E-state index contributed by atoms with van der Waals surface area (Å²) in [5, 5.41) is 4.39. The molecule has 5 heterocycles. The smallest absolute Gasteiger partial charge is 0.255 e.